The lowest BCUT2D eigenvalue weighted by molar-refractivity contribution is 0.174. The molecule has 0 amide bonds. The standard InChI is InChI=1S/C17H29O4P/c1-16(2,3)12-9-10-14(17(4,5)6)13(11-12)15(18)22(19,20-7)21-8/h9-11,15,18H,1-8H3. The molecule has 0 bridgehead atoms. The molecule has 22 heavy (non-hydrogen) atoms. The second-order valence-electron chi connectivity index (χ2n) is 7.58. The number of rotatable bonds is 4. The van der Waals surface area contributed by atoms with Crippen molar-refractivity contribution in [2.45, 2.75) is 58.2 Å². The van der Waals surface area contributed by atoms with E-state index in [-0.39, 0.29) is 10.8 Å². The zero-order chi connectivity index (χ0) is 17.3. The fourth-order valence-electron chi connectivity index (χ4n) is 2.37. The molecule has 0 aliphatic rings. The molecule has 0 radical (unpaired) electrons. The first kappa shape index (κ1) is 19.4. The quantitative estimate of drug-likeness (QED) is 0.810. The zero-order valence-electron chi connectivity index (χ0n) is 14.9. The van der Waals surface area contributed by atoms with Gasteiger partial charge in [-0.2, -0.15) is 0 Å². The van der Waals surface area contributed by atoms with Gasteiger partial charge in [-0.1, -0.05) is 59.7 Å². The Balaban J connectivity index is 3.57. The summed E-state index contributed by atoms with van der Waals surface area (Å²) in [6.45, 7) is 12.5. The van der Waals surface area contributed by atoms with Gasteiger partial charge in [0.25, 0.3) is 0 Å². The molecule has 126 valence electrons. The topological polar surface area (TPSA) is 55.8 Å². The van der Waals surface area contributed by atoms with Gasteiger partial charge in [0.15, 0.2) is 5.85 Å². The van der Waals surface area contributed by atoms with Gasteiger partial charge < -0.3 is 14.2 Å². The summed E-state index contributed by atoms with van der Waals surface area (Å²) < 4.78 is 22.6. The molecule has 4 nitrogen and oxygen atoms in total. The molecule has 1 aromatic carbocycles. The Kier molecular flexibility index (Phi) is 5.68. The number of aliphatic hydroxyl groups is 1. The molecule has 0 spiro atoms. The second kappa shape index (κ2) is 6.45. The maximum Gasteiger partial charge on any atom is 0.362 e. The van der Waals surface area contributed by atoms with Crippen molar-refractivity contribution in [2.24, 2.45) is 0 Å². The minimum atomic E-state index is -3.61. The summed E-state index contributed by atoms with van der Waals surface area (Å²) >= 11 is 0. The number of hydrogen-bond acceptors (Lipinski definition) is 4. The first-order valence-corrected chi connectivity index (χ1v) is 9.02. The van der Waals surface area contributed by atoms with Gasteiger partial charge >= 0.3 is 7.60 Å². The third kappa shape index (κ3) is 3.99. The van der Waals surface area contributed by atoms with Crippen LogP contribution in [0.5, 0.6) is 0 Å². The highest BCUT2D eigenvalue weighted by Crippen LogP contribution is 2.59. The van der Waals surface area contributed by atoms with Crippen LogP contribution in [-0.4, -0.2) is 19.3 Å². The van der Waals surface area contributed by atoms with E-state index in [4.69, 9.17) is 9.05 Å². The average Bonchev–Trinajstić information content (AvgIpc) is 2.43. The Labute approximate surface area is 134 Å². The molecule has 0 aliphatic carbocycles. The minimum Gasteiger partial charge on any atom is -0.376 e. The number of aliphatic hydroxyl groups excluding tert-OH is 1. The van der Waals surface area contributed by atoms with Gasteiger partial charge in [0.2, 0.25) is 0 Å². The minimum absolute atomic E-state index is 0.0744. The predicted octanol–water partition coefficient (Wildman–Crippen LogP) is 4.76. The van der Waals surface area contributed by atoms with Crippen molar-refractivity contribution in [3.05, 3.63) is 34.9 Å². The van der Waals surface area contributed by atoms with Crippen molar-refractivity contribution >= 4 is 7.60 Å². The number of benzene rings is 1. The molecule has 1 atom stereocenters. The van der Waals surface area contributed by atoms with Crippen molar-refractivity contribution < 1.29 is 18.7 Å². The normalized spacial score (nSPS) is 15.0. The monoisotopic (exact) mass is 328 g/mol. The Hall–Kier alpha value is -0.670. The van der Waals surface area contributed by atoms with Crippen LogP contribution in [0.15, 0.2) is 18.2 Å². The third-order valence-electron chi connectivity index (χ3n) is 3.81. The summed E-state index contributed by atoms with van der Waals surface area (Å²) in [5, 5.41) is 10.7. The maximum absolute atomic E-state index is 12.6. The van der Waals surface area contributed by atoms with Crippen LogP contribution in [0.2, 0.25) is 0 Å². The molecule has 0 saturated heterocycles. The molecule has 0 heterocycles. The van der Waals surface area contributed by atoms with Crippen LogP contribution in [0.1, 0.15) is 64.1 Å². The summed E-state index contributed by atoms with van der Waals surface area (Å²) in [6, 6.07) is 5.96. The molecule has 1 N–H and O–H groups in total. The van der Waals surface area contributed by atoms with Gasteiger partial charge in [0.05, 0.1) is 0 Å². The largest absolute Gasteiger partial charge is 0.376 e. The highest BCUT2D eigenvalue weighted by atomic mass is 31.2. The molecule has 1 aromatic rings. The Morgan fingerprint density at radius 2 is 1.50 bits per heavy atom. The molecule has 1 rings (SSSR count). The van der Waals surface area contributed by atoms with Crippen LogP contribution in [0.4, 0.5) is 0 Å². The van der Waals surface area contributed by atoms with Crippen LogP contribution >= 0.6 is 7.60 Å². The van der Waals surface area contributed by atoms with Crippen molar-refractivity contribution in [3.63, 3.8) is 0 Å². The van der Waals surface area contributed by atoms with E-state index in [1.165, 1.54) is 14.2 Å². The van der Waals surface area contributed by atoms with E-state index in [2.05, 4.69) is 47.6 Å². The zero-order valence-corrected chi connectivity index (χ0v) is 15.8. The van der Waals surface area contributed by atoms with Crippen LogP contribution in [0, 0.1) is 0 Å². The van der Waals surface area contributed by atoms with Gasteiger partial charge in [-0.05, 0) is 27.5 Å². The van der Waals surface area contributed by atoms with Crippen LogP contribution in [-0.2, 0) is 24.4 Å². The molecule has 0 saturated carbocycles. The van der Waals surface area contributed by atoms with E-state index in [1.807, 2.05) is 12.1 Å². The highest BCUT2D eigenvalue weighted by molar-refractivity contribution is 7.54. The lowest BCUT2D eigenvalue weighted by Crippen LogP contribution is -2.19. The molecule has 0 aliphatic heterocycles. The molecule has 5 heteroatoms. The van der Waals surface area contributed by atoms with E-state index in [9.17, 15) is 9.67 Å². The first-order chi connectivity index (χ1) is 9.86. The highest BCUT2D eigenvalue weighted by Gasteiger charge is 2.37. The van der Waals surface area contributed by atoms with E-state index >= 15 is 0 Å². The van der Waals surface area contributed by atoms with E-state index < -0.39 is 13.4 Å². The molecular formula is C17H29O4P. The Morgan fingerprint density at radius 1 is 1.00 bits per heavy atom. The predicted molar refractivity (Wildman–Crippen MR) is 90.4 cm³/mol. The number of hydrogen-bond donors (Lipinski definition) is 1. The smallest absolute Gasteiger partial charge is 0.362 e. The SMILES string of the molecule is COP(=O)(OC)C(O)c1cc(C(C)(C)C)ccc1C(C)(C)C. The van der Waals surface area contributed by atoms with Gasteiger partial charge in [-0.15, -0.1) is 0 Å². The van der Waals surface area contributed by atoms with Gasteiger partial charge in [0.1, 0.15) is 0 Å². The van der Waals surface area contributed by atoms with E-state index in [1.54, 1.807) is 0 Å². The van der Waals surface area contributed by atoms with E-state index in [0.29, 0.717) is 5.56 Å². The third-order valence-corrected chi connectivity index (χ3v) is 5.71. The molecule has 0 aromatic heterocycles. The lowest BCUT2D eigenvalue weighted by Gasteiger charge is -2.30. The summed E-state index contributed by atoms with van der Waals surface area (Å²) in [6.07, 6.45) is 0. The average molecular weight is 328 g/mol. The van der Waals surface area contributed by atoms with Crippen molar-refractivity contribution in [1.82, 2.24) is 0 Å². The van der Waals surface area contributed by atoms with Crippen molar-refractivity contribution in [1.29, 1.82) is 0 Å². The van der Waals surface area contributed by atoms with Crippen molar-refractivity contribution in [3.8, 4) is 0 Å². The van der Waals surface area contributed by atoms with E-state index in [0.717, 1.165) is 11.1 Å². The van der Waals surface area contributed by atoms with Crippen LogP contribution < -0.4 is 0 Å². The van der Waals surface area contributed by atoms with Crippen molar-refractivity contribution in [2.75, 3.05) is 14.2 Å². The summed E-state index contributed by atoms with van der Waals surface area (Å²) in [7, 11) is -1.03. The fraction of sp³-hybridized carbons (Fsp3) is 0.647. The maximum atomic E-state index is 12.6. The fourth-order valence-corrected chi connectivity index (χ4v) is 3.47. The van der Waals surface area contributed by atoms with Gasteiger partial charge in [-0.25, -0.2) is 0 Å². The summed E-state index contributed by atoms with van der Waals surface area (Å²) in [5.74, 6) is -1.31. The molecular weight excluding hydrogens is 299 g/mol. The van der Waals surface area contributed by atoms with Crippen LogP contribution in [0.3, 0.4) is 0 Å². The second-order valence-corrected chi connectivity index (χ2v) is 9.88. The Morgan fingerprint density at radius 3 is 1.86 bits per heavy atom. The molecule has 1 unspecified atom stereocenters. The summed E-state index contributed by atoms with van der Waals surface area (Å²) in [4.78, 5) is 0. The lowest BCUT2D eigenvalue weighted by atomic mass is 9.79. The van der Waals surface area contributed by atoms with Gasteiger partial charge in [0, 0.05) is 14.2 Å². The van der Waals surface area contributed by atoms with Crippen LogP contribution in [0.25, 0.3) is 0 Å². The van der Waals surface area contributed by atoms with Gasteiger partial charge in [-0.3, -0.25) is 4.57 Å². The molecule has 0 fully saturated rings. The Bertz CT molecular complexity index is 559. The first-order valence-electron chi connectivity index (χ1n) is 7.41. The summed E-state index contributed by atoms with van der Waals surface area (Å²) in [5.41, 5.74) is 2.33.